The number of carbonyl (C=O) groups excluding carboxylic acids is 2. The fourth-order valence-corrected chi connectivity index (χ4v) is 1.56. The van der Waals surface area contributed by atoms with Crippen LogP contribution in [0.25, 0.3) is 0 Å². The van der Waals surface area contributed by atoms with Crippen LogP contribution < -0.4 is 5.43 Å². The SMILES string of the molecule is CCOC(=O)C1=NN[C@@H](C(F)(F)F)[C@@H]1C(=O)OCC. The van der Waals surface area contributed by atoms with Gasteiger partial charge in [-0.15, -0.1) is 0 Å². The summed E-state index contributed by atoms with van der Waals surface area (Å²) < 4.78 is 47.3. The molecule has 0 saturated carbocycles. The number of rotatable bonds is 4. The number of hydrogen-bond donors (Lipinski definition) is 1. The molecule has 6 nitrogen and oxygen atoms in total. The molecule has 2 atom stereocenters. The molecule has 0 bridgehead atoms. The normalized spacial score (nSPS) is 22.5. The van der Waals surface area contributed by atoms with Crippen molar-refractivity contribution in [3.8, 4) is 0 Å². The van der Waals surface area contributed by atoms with Gasteiger partial charge in [0, 0.05) is 0 Å². The first-order valence-electron chi connectivity index (χ1n) is 5.56. The first kappa shape index (κ1) is 15.3. The molecule has 19 heavy (non-hydrogen) atoms. The zero-order chi connectivity index (χ0) is 14.6. The molecule has 0 spiro atoms. The number of hydrogen-bond acceptors (Lipinski definition) is 6. The van der Waals surface area contributed by atoms with Gasteiger partial charge in [-0.25, -0.2) is 4.79 Å². The van der Waals surface area contributed by atoms with Gasteiger partial charge in [-0.2, -0.15) is 18.3 Å². The highest BCUT2D eigenvalue weighted by Gasteiger charge is 2.55. The molecule has 1 rings (SSSR count). The highest BCUT2D eigenvalue weighted by atomic mass is 19.4. The summed E-state index contributed by atoms with van der Waals surface area (Å²) in [7, 11) is 0. The minimum absolute atomic E-state index is 0.0376. The molecule has 0 aromatic carbocycles. The van der Waals surface area contributed by atoms with Gasteiger partial charge >= 0.3 is 18.1 Å². The topological polar surface area (TPSA) is 77.0 Å². The highest BCUT2D eigenvalue weighted by Crippen LogP contribution is 2.30. The fourth-order valence-electron chi connectivity index (χ4n) is 1.56. The lowest BCUT2D eigenvalue weighted by Gasteiger charge is -2.20. The van der Waals surface area contributed by atoms with E-state index < -0.39 is 35.8 Å². The Kier molecular flexibility index (Phi) is 4.73. The average Bonchev–Trinajstić information content (AvgIpc) is 2.73. The zero-order valence-electron chi connectivity index (χ0n) is 10.3. The van der Waals surface area contributed by atoms with Gasteiger partial charge in [0.15, 0.2) is 11.8 Å². The number of nitrogens with one attached hydrogen (secondary N) is 1. The predicted octanol–water partition coefficient (Wildman–Crippen LogP) is 0.619. The van der Waals surface area contributed by atoms with Crippen molar-refractivity contribution in [2.24, 2.45) is 11.0 Å². The van der Waals surface area contributed by atoms with Gasteiger partial charge in [0.1, 0.15) is 5.92 Å². The lowest BCUT2D eigenvalue weighted by molar-refractivity contribution is -0.174. The summed E-state index contributed by atoms with van der Waals surface area (Å²) in [6.45, 7) is 2.80. The number of ether oxygens (including phenoxy) is 2. The standard InChI is InChI=1S/C10H13F3N2O4/c1-3-18-8(16)5-6(9(17)19-4-2)14-15-7(5)10(11,12)13/h5,7,15H,3-4H2,1-2H3/t5-,7-/m1/s1. The van der Waals surface area contributed by atoms with Gasteiger partial charge in [-0.05, 0) is 13.8 Å². The number of alkyl halides is 3. The van der Waals surface area contributed by atoms with E-state index in [2.05, 4.69) is 14.6 Å². The van der Waals surface area contributed by atoms with Crippen molar-refractivity contribution < 1.29 is 32.2 Å². The van der Waals surface area contributed by atoms with Crippen LogP contribution in [0.1, 0.15) is 13.8 Å². The largest absolute Gasteiger partial charge is 0.465 e. The number of esters is 2. The Morgan fingerprint density at radius 2 is 1.84 bits per heavy atom. The van der Waals surface area contributed by atoms with E-state index in [1.54, 1.807) is 5.43 Å². The first-order valence-corrected chi connectivity index (χ1v) is 5.56. The maximum Gasteiger partial charge on any atom is 0.411 e. The van der Waals surface area contributed by atoms with E-state index in [9.17, 15) is 22.8 Å². The molecule has 0 fully saturated rings. The quantitative estimate of drug-likeness (QED) is 0.765. The molecule has 1 aliphatic heterocycles. The number of nitrogens with zero attached hydrogens (tertiary/aromatic N) is 1. The molecule has 9 heteroatoms. The summed E-state index contributed by atoms with van der Waals surface area (Å²) in [5.41, 5.74) is 1.11. The van der Waals surface area contributed by atoms with Crippen LogP contribution in [0.3, 0.4) is 0 Å². The van der Waals surface area contributed by atoms with E-state index in [1.807, 2.05) is 0 Å². The van der Waals surface area contributed by atoms with Gasteiger partial charge in [0.2, 0.25) is 0 Å². The summed E-state index contributed by atoms with van der Waals surface area (Å²) in [5.74, 6) is -4.08. The van der Waals surface area contributed by atoms with Crippen molar-refractivity contribution in [2.45, 2.75) is 26.1 Å². The van der Waals surface area contributed by atoms with Crippen LogP contribution in [0.2, 0.25) is 0 Å². The Hall–Kier alpha value is -1.80. The molecule has 1 N–H and O–H groups in total. The minimum Gasteiger partial charge on any atom is -0.465 e. The Morgan fingerprint density at radius 1 is 1.26 bits per heavy atom. The Balaban J connectivity index is 2.99. The molecule has 0 radical (unpaired) electrons. The van der Waals surface area contributed by atoms with Crippen molar-refractivity contribution in [2.75, 3.05) is 13.2 Å². The predicted molar refractivity (Wildman–Crippen MR) is 57.2 cm³/mol. The minimum atomic E-state index is -4.74. The van der Waals surface area contributed by atoms with E-state index in [1.165, 1.54) is 13.8 Å². The average molecular weight is 282 g/mol. The maximum absolute atomic E-state index is 12.7. The number of hydrazone groups is 1. The van der Waals surface area contributed by atoms with E-state index in [0.717, 1.165) is 0 Å². The summed E-state index contributed by atoms with van der Waals surface area (Å²) in [5, 5.41) is 3.26. The third kappa shape index (κ3) is 3.36. The van der Waals surface area contributed by atoms with Crippen LogP contribution >= 0.6 is 0 Å². The lowest BCUT2D eigenvalue weighted by atomic mass is 9.95. The van der Waals surface area contributed by atoms with Gasteiger partial charge in [-0.3, -0.25) is 10.2 Å². The van der Waals surface area contributed by atoms with Crippen LogP contribution in [-0.4, -0.2) is 43.1 Å². The Bertz CT molecular complexity index is 395. The Labute approximate surface area is 106 Å². The summed E-state index contributed by atoms with van der Waals surface area (Å²) in [6.07, 6.45) is -4.74. The van der Waals surface area contributed by atoms with Crippen molar-refractivity contribution in [1.29, 1.82) is 0 Å². The lowest BCUT2D eigenvalue weighted by Crippen LogP contribution is -2.48. The third-order valence-corrected chi connectivity index (χ3v) is 2.33. The van der Waals surface area contributed by atoms with Crippen molar-refractivity contribution >= 4 is 17.7 Å². The van der Waals surface area contributed by atoms with E-state index in [4.69, 9.17) is 0 Å². The Morgan fingerprint density at radius 3 is 2.32 bits per heavy atom. The molecule has 0 aromatic rings. The molecule has 0 unspecified atom stereocenters. The zero-order valence-corrected chi connectivity index (χ0v) is 10.3. The van der Waals surface area contributed by atoms with Crippen molar-refractivity contribution in [1.82, 2.24) is 5.43 Å². The molecular formula is C10H13F3N2O4. The van der Waals surface area contributed by atoms with Gasteiger partial charge in [0.05, 0.1) is 13.2 Å². The van der Waals surface area contributed by atoms with E-state index in [-0.39, 0.29) is 13.2 Å². The molecule has 0 amide bonds. The van der Waals surface area contributed by atoms with Crippen LogP contribution in [0.4, 0.5) is 13.2 Å². The fraction of sp³-hybridized carbons (Fsp3) is 0.700. The van der Waals surface area contributed by atoms with Crippen LogP contribution in [-0.2, 0) is 19.1 Å². The van der Waals surface area contributed by atoms with Crippen LogP contribution in [0.15, 0.2) is 5.10 Å². The second-order valence-corrected chi connectivity index (χ2v) is 3.60. The van der Waals surface area contributed by atoms with Crippen molar-refractivity contribution in [3.05, 3.63) is 0 Å². The van der Waals surface area contributed by atoms with Gasteiger partial charge < -0.3 is 9.47 Å². The summed E-state index contributed by atoms with van der Waals surface area (Å²) >= 11 is 0. The van der Waals surface area contributed by atoms with E-state index in [0.29, 0.717) is 0 Å². The smallest absolute Gasteiger partial charge is 0.411 e. The third-order valence-electron chi connectivity index (χ3n) is 2.33. The van der Waals surface area contributed by atoms with Gasteiger partial charge in [0.25, 0.3) is 0 Å². The molecule has 0 aliphatic carbocycles. The molecule has 0 aromatic heterocycles. The van der Waals surface area contributed by atoms with Crippen molar-refractivity contribution in [3.63, 3.8) is 0 Å². The monoisotopic (exact) mass is 282 g/mol. The number of carbonyl (C=O) groups is 2. The second kappa shape index (κ2) is 5.89. The van der Waals surface area contributed by atoms with Crippen LogP contribution in [0, 0.1) is 5.92 Å². The van der Waals surface area contributed by atoms with Gasteiger partial charge in [-0.1, -0.05) is 0 Å². The molecule has 1 heterocycles. The molecule has 1 aliphatic rings. The first-order chi connectivity index (χ1) is 8.82. The second-order valence-electron chi connectivity index (χ2n) is 3.60. The van der Waals surface area contributed by atoms with E-state index >= 15 is 0 Å². The number of halogens is 3. The molecular weight excluding hydrogens is 269 g/mol. The molecule has 0 saturated heterocycles. The highest BCUT2D eigenvalue weighted by molar-refractivity contribution is 6.41. The molecule has 108 valence electrons. The maximum atomic E-state index is 12.7. The summed E-state index contributed by atoms with van der Waals surface area (Å²) in [4.78, 5) is 23.0. The van der Waals surface area contributed by atoms with Crippen LogP contribution in [0.5, 0.6) is 0 Å². The summed E-state index contributed by atoms with van der Waals surface area (Å²) in [6, 6.07) is -2.29.